The minimum Gasteiger partial charge on any atom is -0.465 e. The summed E-state index contributed by atoms with van der Waals surface area (Å²) in [5.41, 5.74) is 2.87. The van der Waals surface area contributed by atoms with Crippen molar-refractivity contribution in [3.05, 3.63) is 39.6 Å². The van der Waals surface area contributed by atoms with Gasteiger partial charge in [-0.15, -0.1) is 0 Å². The largest absolute Gasteiger partial charge is 0.465 e. The summed E-state index contributed by atoms with van der Waals surface area (Å²) in [4.78, 5) is 22.7. The highest BCUT2D eigenvalue weighted by Gasteiger charge is 2.45. The molecule has 33 heavy (non-hydrogen) atoms. The van der Waals surface area contributed by atoms with Crippen LogP contribution in [0.4, 0.5) is 15.0 Å². The number of halogens is 3. The molecule has 1 aliphatic rings. The van der Waals surface area contributed by atoms with E-state index >= 15 is 0 Å². The molecule has 1 aromatic heterocycles. The monoisotopic (exact) mass is 498 g/mol. The lowest BCUT2D eigenvalue weighted by Gasteiger charge is -2.28. The third-order valence-corrected chi connectivity index (χ3v) is 6.37. The number of aromatic nitrogens is 2. The standard InChI is InChI=1S/C23H29Cl2FN4O3/c1-4-16-20(14-8-7-13(24)11-15(14)25)27-17(5-2)22(28-16)29-21-18(9-10-26)30(23(31)32)12-19(21)33-6-3/h7-8,11,18-19,21H,4-6,9-10,12H2,1-3H3,(H,28,29)(H,31,32). The summed E-state index contributed by atoms with van der Waals surface area (Å²) in [6.07, 6.45) is -0.258. The highest BCUT2D eigenvalue weighted by atomic mass is 35.5. The summed E-state index contributed by atoms with van der Waals surface area (Å²) in [6.45, 7) is 5.74. The van der Waals surface area contributed by atoms with Gasteiger partial charge in [0.2, 0.25) is 0 Å². The van der Waals surface area contributed by atoms with E-state index in [0.29, 0.717) is 46.7 Å². The van der Waals surface area contributed by atoms with Crippen LogP contribution in [0.5, 0.6) is 0 Å². The zero-order valence-corrected chi connectivity index (χ0v) is 20.5. The Morgan fingerprint density at radius 3 is 2.55 bits per heavy atom. The maximum Gasteiger partial charge on any atom is 0.407 e. The van der Waals surface area contributed by atoms with Crippen LogP contribution in [0, 0.1) is 0 Å². The Balaban J connectivity index is 2.03. The number of nitrogens with zero attached hydrogens (tertiary/aromatic N) is 3. The van der Waals surface area contributed by atoms with E-state index in [1.54, 1.807) is 12.1 Å². The van der Waals surface area contributed by atoms with Gasteiger partial charge in [-0.3, -0.25) is 4.39 Å². The molecule has 1 saturated heterocycles. The van der Waals surface area contributed by atoms with Crippen LogP contribution in [0.25, 0.3) is 11.3 Å². The predicted molar refractivity (Wildman–Crippen MR) is 128 cm³/mol. The molecule has 1 amide bonds. The highest BCUT2D eigenvalue weighted by Crippen LogP contribution is 2.34. The number of benzene rings is 1. The number of hydrogen-bond donors (Lipinski definition) is 2. The van der Waals surface area contributed by atoms with Crippen LogP contribution >= 0.6 is 23.2 Å². The van der Waals surface area contributed by atoms with Gasteiger partial charge in [0.1, 0.15) is 5.82 Å². The molecule has 2 heterocycles. The Kier molecular flexibility index (Phi) is 8.73. The molecule has 3 atom stereocenters. The molecular weight excluding hydrogens is 470 g/mol. The number of rotatable bonds is 9. The topological polar surface area (TPSA) is 87.6 Å². The number of amides is 1. The van der Waals surface area contributed by atoms with Crippen LogP contribution in [0.2, 0.25) is 10.0 Å². The Labute approximate surface area is 203 Å². The van der Waals surface area contributed by atoms with E-state index in [9.17, 15) is 14.3 Å². The number of ether oxygens (including phenoxy) is 1. The maximum atomic E-state index is 13.3. The molecule has 1 aliphatic heterocycles. The number of carboxylic acid groups (broad SMARTS) is 1. The third-order valence-electron chi connectivity index (χ3n) is 5.82. The molecule has 0 aliphatic carbocycles. The van der Waals surface area contributed by atoms with Gasteiger partial charge in [-0.05, 0) is 44.4 Å². The predicted octanol–water partition coefficient (Wildman–Crippen LogP) is 5.48. The summed E-state index contributed by atoms with van der Waals surface area (Å²) < 4.78 is 19.2. The van der Waals surface area contributed by atoms with Crippen LogP contribution in [-0.4, -0.2) is 64.1 Å². The Bertz CT molecular complexity index is 994. The zero-order chi connectivity index (χ0) is 24.1. The van der Waals surface area contributed by atoms with E-state index in [-0.39, 0.29) is 13.0 Å². The van der Waals surface area contributed by atoms with Gasteiger partial charge in [-0.1, -0.05) is 37.0 Å². The molecule has 1 fully saturated rings. The van der Waals surface area contributed by atoms with Crippen LogP contribution in [0.3, 0.4) is 0 Å². The summed E-state index contributed by atoms with van der Waals surface area (Å²) in [6, 6.07) is 4.22. The molecule has 3 unspecified atom stereocenters. The average molecular weight is 499 g/mol. The second-order valence-corrected chi connectivity index (χ2v) is 8.63. The Morgan fingerprint density at radius 2 is 1.97 bits per heavy atom. The number of anilines is 1. The molecule has 0 bridgehead atoms. The van der Waals surface area contributed by atoms with Crippen LogP contribution in [0.15, 0.2) is 18.2 Å². The van der Waals surface area contributed by atoms with E-state index < -0.39 is 31.0 Å². The molecule has 7 nitrogen and oxygen atoms in total. The molecule has 10 heteroatoms. The average Bonchev–Trinajstić information content (AvgIpc) is 3.11. The van der Waals surface area contributed by atoms with Crippen LogP contribution in [-0.2, 0) is 17.6 Å². The molecule has 180 valence electrons. The Morgan fingerprint density at radius 1 is 1.24 bits per heavy atom. The molecule has 3 rings (SSSR count). The van der Waals surface area contributed by atoms with Gasteiger partial charge in [0.15, 0.2) is 0 Å². The minimum absolute atomic E-state index is 0.0710. The second-order valence-electron chi connectivity index (χ2n) is 7.79. The van der Waals surface area contributed by atoms with Crippen molar-refractivity contribution in [3.63, 3.8) is 0 Å². The number of hydrogen-bond acceptors (Lipinski definition) is 5. The molecule has 0 spiro atoms. The first kappa shape index (κ1) is 25.5. The van der Waals surface area contributed by atoms with Gasteiger partial charge in [0, 0.05) is 17.2 Å². The summed E-state index contributed by atoms with van der Waals surface area (Å²) in [7, 11) is 0. The summed E-state index contributed by atoms with van der Waals surface area (Å²) >= 11 is 12.5. The number of nitrogens with one attached hydrogen (secondary N) is 1. The molecule has 0 saturated carbocycles. The maximum absolute atomic E-state index is 13.3. The van der Waals surface area contributed by atoms with Crippen molar-refractivity contribution in [1.82, 2.24) is 14.9 Å². The molecular formula is C23H29Cl2FN4O3. The lowest BCUT2D eigenvalue weighted by molar-refractivity contribution is 0.0627. The summed E-state index contributed by atoms with van der Waals surface area (Å²) in [5, 5.41) is 14.0. The fourth-order valence-electron chi connectivity index (χ4n) is 4.28. The van der Waals surface area contributed by atoms with E-state index in [2.05, 4.69) is 5.32 Å². The van der Waals surface area contributed by atoms with E-state index in [4.69, 9.17) is 37.9 Å². The van der Waals surface area contributed by atoms with Gasteiger partial charge in [-0.25, -0.2) is 14.8 Å². The SMILES string of the molecule is CCOC1CN(C(=O)O)C(CCF)C1Nc1nc(CC)c(-c2ccc(Cl)cc2Cl)nc1CC. The van der Waals surface area contributed by atoms with Crippen molar-refractivity contribution >= 4 is 35.1 Å². The van der Waals surface area contributed by atoms with E-state index in [1.807, 2.05) is 26.8 Å². The quantitative estimate of drug-likeness (QED) is 0.475. The minimum atomic E-state index is -1.09. The van der Waals surface area contributed by atoms with E-state index in [1.165, 1.54) is 4.90 Å². The van der Waals surface area contributed by atoms with Gasteiger partial charge in [-0.2, -0.15) is 0 Å². The van der Waals surface area contributed by atoms with Gasteiger partial charge >= 0.3 is 6.09 Å². The Hall–Kier alpha value is -2.16. The number of aryl methyl sites for hydroxylation is 2. The van der Waals surface area contributed by atoms with E-state index in [0.717, 1.165) is 11.3 Å². The second kappa shape index (κ2) is 11.3. The lowest BCUT2D eigenvalue weighted by atomic mass is 10.0. The van der Waals surface area contributed by atoms with Crippen molar-refractivity contribution in [1.29, 1.82) is 0 Å². The zero-order valence-electron chi connectivity index (χ0n) is 18.9. The van der Waals surface area contributed by atoms with Crippen molar-refractivity contribution in [2.75, 3.05) is 25.1 Å². The normalized spacial score (nSPS) is 20.3. The van der Waals surface area contributed by atoms with Gasteiger partial charge in [0.05, 0.1) is 53.5 Å². The highest BCUT2D eigenvalue weighted by molar-refractivity contribution is 6.36. The molecule has 0 radical (unpaired) electrons. The van der Waals surface area contributed by atoms with Gasteiger partial charge < -0.3 is 20.1 Å². The fraction of sp³-hybridized carbons (Fsp3) is 0.522. The molecule has 2 aromatic rings. The summed E-state index contributed by atoms with van der Waals surface area (Å²) in [5.74, 6) is 0.550. The fourth-order valence-corrected chi connectivity index (χ4v) is 4.78. The first-order chi connectivity index (χ1) is 15.8. The number of carbonyl (C=O) groups is 1. The lowest BCUT2D eigenvalue weighted by Crippen LogP contribution is -2.44. The number of likely N-dealkylation sites (tertiary alicyclic amines) is 1. The van der Waals surface area contributed by atoms with Crippen molar-refractivity contribution in [3.8, 4) is 11.3 Å². The van der Waals surface area contributed by atoms with Crippen molar-refractivity contribution in [2.24, 2.45) is 0 Å². The van der Waals surface area contributed by atoms with Crippen molar-refractivity contribution in [2.45, 2.75) is 58.2 Å². The smallest absolute Gasteiger partial charge is 0.407 e. The molecule has 2 N–H and O–H groups in total. The molecule has 1 aromatic carbocycles. The first-order valence-corrected chi connectivity index (χ1v) is 11.9. The van der Waals surface area contributed by atoms with Crippen molar-refractivity contribution < 1.29 is 19.0 Å². The number of alkyl halides is 1. The van der Waals surface area contributed by atoms with Gasteiger partial charge in [0.25, 0.3) is 0 Å². The van der Waals surface area contributed by atoms with Crippen LogP contribution < -0.4 is 5.32 Å². The van der Waals surface area contributed by atoms with Crippen LogP contribution in [0.1, 0.15) is 38.6 Å². The first-order valence-electron chi connectivity index (χ1n) is 11.1. The third kappa shape index (κ3) is 5.50.